The Morgan fingerprint density at radius 2 is 2.00 bits per heavy atom. The van der Waals surface area contributed by atoms with E-state index < -0.39 is 37.3 Å². The molecule has 124 valence electrons. The summed E-state index contributed by atoms with van der Waals surface area (Å²) in [5.41, 5.74) is 0. The molecule has 0 radical (unpaired) electrons. The highest BCUT2D eigenvalue weighted by molar-refractivity contribution is 5.73. The van der Waals surface area contributed by atoms with Gasteiger partial charge in [-0.15, -0.1) is 0 Å². The van der Waals surface area contributed by atoms with Crippen LogP contribution in [0.15, 0.2) is 0 Å². The summed E-state index contributed by atoms with van der Waals surface area (Å²) in [5.74, 6) is 0.206. The van der Waals surface area contributed by atoms with Gasteiger partial charge in [0.1, 0.15) is 24.4 Å². The molecular weight excluding hydrogens is 278 g/mol. The van der Waals surface area contributed by atoms with E-state index in [0.29, 0.717) is 12.5 Å². The highest BCUT2D eigenvalue weighted by Crippen LogP contribution is 2.22. The average molecular weight is 305 g/mol. The van der Waals surface area contributed by atoms with Crippen molar-refractivity contribution in [2.24, 2.45) is 5.92 Å². The minimum atomic E-state index is -1.28. The first-order valence-corrected chi connectivity index (χ1v) is 7.38. The van der Waals surface area contributed by atoms with Crippen molar-refractivity contribution in [3.05, 3.63) is 0 Å². The Kier molecular flexibility index (Phi) is 7.55. The monoisotopic (exact) mass is 305 g/mol. The normalized spacial score (nSPS) is 33.2. The largest absolute Gasteiger partial charge is 0.394 e. The van der Waals surface area contributed by atoms with Gasteiger partial charge in [-0.05, 0) is 18.8 Å². The number of carbonyl (C=O) groups excluding carboxylic acids is 1. The molecule has 7 nitrogen and oxygen atoms in total. The van der Waals surface area contributed by atoms with Gasteiger partial charge in [0.25, 0.3) is 0 Å². The number of aliphatic hydroxyl groups excluding tert-OH is 3. The zero-order chi connectivity index (χ0) is 16.0. The van der Waals surface area contributed by atoms with E-state index in [9.17, 15) is 20.1 Å². The van der Waals surface area contributed by atoms with E-state index in [1.165, 1.54) is 6.92 Å². The van der Waals surface area contributed by atoms with Crippen LogP contribution in [0.1, 0.15) is 33.6 Å². The molecule has 0 aromatic rings. The van der Waals surface area contributed by atoms with Gasteiger partial charge in [0.05, 0.1) is 6.61 Å². The van der Waals surface area contributed by atoms with Gasteiger partial charge in [-0.2, -0.15) is 0 Å². The quantitative estimate of drug-likeness (QED) is 0.467. The molecule has 0 bridgehead atoms. The number of ether oxygens (including phenoxy) is 2. The van der Waals surface area contributed by atoms with Crippen LogP contribution in [0.25, 0.3) is 0 Å². The standard InChI is InChI=1S/C14H27NO6/c1-8(2)5-4-6-20-14-11(15-9(3)17)13(19)12(18)10(7-16)21-14/h8,10-14,16,18-19H,4-7H2,1-3H3,(H,15,17)/t10?,11?,12-,13-,14+/m1/s1. The van der Waals surface area contributed by atoms with Crippen molar-refractivity contribution < 1.29 is 29.6 Å². The Bertz CT molecular complexity index is 325. The Balaban J connectivity index is 2.62. The molecule has 1 fully saturated rings. The SMILES string of the molecule is CC(=O)NC1[C@@H](OCCCC(C)C)OC(CO)[C@@H](O)[C@@H]1O. The number of carbonyl (C=O) groups is 1. The summed E-state index contributed by atoms with van der Waals surface area (Å²) < 4.78 is 11.0. The van der Waals surface area contributed by atoms with Crippen molar-refractivity contribution in [1.82, 2.24) is 5.32 Å². The first kappa shape index (κ1) is 18.3. The summed E-state index contributed by atoms with van der Waals surface area (Å²) in [6, 6.07) is -0.862. The third kappa shape index (κ3) is 5.52. The molecular formula is C14H27NO6. The molecule has 1 saturated heterocycles. The number of hydrogen-bond acceptors (Lipinski definition) is 6. The average Bonchev–Trinajstić information content (AvgIpc) is 2.41. The Labute approximate surface area is 125 Å². The van der Waals surface area contributed by atoms with Crippen LogP contribution in [0.3, 0.4) is 0 Å². The van der Waals surface area contributed by atoms with E-state index in [-0.39, 0.29) is 5.91 Å². The molecule has 1 aliphatic heterocycles. The summed E-state index contributed by atoms with van der Waals surface area (Å²) in [7, 11) is 0. The molecule has 5 atom stereocenters. The second kappa shape index (κ2) is 8.65. The molecule has 0 spiro atoms. The van der Waals surface area contributed by atoms with Crippen molar-refractivity contribution in [3.8, 4) is 0 Å². The number of nitrogens with one attached hydrogen (secondary N) is 1. The highest BCUT2D eigenvalue weighted by atomic mass is 16.7. The smallest absolute Gasteiger partial charge is 0.217 e. The van der Waals surface area contributed by atoms with Gasteiger partial charge < -0.3 is 30.1 Å². The molecule has 2 unspecified atom stereocenters. The molecule has 21 heavy (non-hydrogen) atoms. The second-order valence-electron chi connectivity index (χ2n) is 5.84. The first-order chi connectivity index (χ1) is 9.86. The maximum atomic E-state index is 11.2. The Morgan fingerprint density at radius 3 is 2.52 bits per heavy atom. The molecule has 7 heteroatoms. The van der Waals surface area contributed by atoms with Crippen molar-refractivity contribution in [1.29, 1.82) is 0 Å². The first-order valence-electron chi connectivity index (χ1n) is 7.38. The van der Waals surface area contributed by atoms with Crippen LogP contribution in [0, 0.1) is 5.92 Å². The maximum absolute atomic E-state index is 11.2. The van der Waals surface area contributed by atoms with E-state index in [0.717, 1.165) is 12.8 Å². The predicted octanol–water partition coefficient (Wildman–Crippen LogP) is -0.617. The minimum Gasteiger partial charge on any atom is -0.394 e. The zero-order valence-corrected chi connectivity index (χ0v) is 12.9. The van der Waals surface area contributed by atoms with Gasteiger partial charge >= 0.3 is 0 Å². The van der Waals surface area contributed by atoms with Crippen LogP contribution < -0.4 is 5.32 Å². The fraction of sp³-hybridized carbons (Fsp3) is 0.929. The lowest BCUT2D eigenvalue weighted by Crippen LogP contribution is -2.64. The van der Waals surface area contributed by atoms with Crippen molar-refractivity contribution in [2.45, 2.75) is 64.3 Å². The predicted molar refractivity (Wildman–Crippen MR) is 75.4 cm³/mol. The van der Waals surface area contributed by atoms with Crippen LogP contribution in [0.4, 0.5) is 0 Å². The molecule has 1 rings (SSSR count). The Hall–Kier alpha value is -0.730. The van der Waals surface area contributed by atoms with E-state index in [2.05, 4.69) is 19.2 Å². The molecule has 1 heterocycles. The van der Waals surface area contributed by atoms with Crippen LogP contribution in [-0.2, 0) is 14.3 Å². The topological polar surface area (TPSA) is 108 Å². The van der Waals surface area contributed by atoms with Gasteiger partial charge in [0, 0.05) is 13.5 Å². The summed E-state index contributed by atoms with van der Waals surface area (Å²) in [5, 5.41) is 31.6. The van der Waals surface area contributed by atoms with Gasteiger partial charge in [0.2, 0.25) is 5.91 Å². The molecule has 0 aromatic carbocycles. The van der Waals surface area contributed by atoms with E-state index in [1.807, 2.05) is 0 Å². The van der Waals surface area contributed by atoms with Crippen LogP contribution in [0.2, 0.25) is 0 Å². The van der Waals surface area contributed by atoms with E-state index in [4.69, 9.17) is 9.47 Å². The number of rotatable bonds is 7. The van der Waals surface area contributed by atoms with Gasteiger partial charge in [-0.3, -0.25) is 4.79 Å². The van der Waals surface area contributed by atoms with Crippen LogP contribution in [-0.4, -0.2) is 65.1 Å². The maximum Gasteiger partial charge on any atom is 0.217 e. The molecule has 0 aliphatic carbocycles. The fourth-order valence-corrected chi connectivity index (χ4v) is 2.30. The number of aliphatic hydroxyl groups is 3. The minimum absolute atomic E-state index is 0.354. The van der Waals surface area contributed by atoms with Crippen LogP contribution >= 0.6 is 0 Å². The number of hydrogen-bond donors (Lipinski definition) is 4. The lowest BCUT2D eigenvalue weighted by atomic mass is 9.97. The number of amides is 1. The third-order valence-electron chi connectivity index (χ3n) is 3.46. The van der Waals surface area contributed by atoms with Crippen LogP contribution in [0.5, 0.6) is 0 Å². The molecule has 4 N–H and O–H groups in total. The summed E-state index contributed by atoms with van der Waals surface area (Å²) in [6.07, 6.45) is -2.53. The van der Waals surface area contributed by atoms with E-state index in [1.54, 1.807) is 0 Å². The molecule has 1 amide bonds. The fourth-order valence-electron chi connectivity index (χ4n) is 2.30. The lowest BCUT2D eigenvalue weighted by Gasteiger charge is -2.42. The van der Waals surface area contributed by atoms with Crippen molar-refractivity contribution >= 4 is 5.91 Å². The van der Waals surface area contributed by atoms with Gasteiger partial charge in [-0.1, -0.05) is 13.8 Å². The Morgan fingerprint density at radius 1 is 1.33 bits per heavy atom. The zero-order valence-electron chi connectivity index (χ0n) is 12.9. The van der Waals surface area contributed by atoms with Gasteiger partial charge in [-0.25, -0.2) is 0 Å². The molecule has 1 aliphatic rings. The van der Waals surface area contributed by atoms with Crippen molar-refractivity contribution in [2.75, 3.05) is 13.2 Å². The second-order valence-corrected chi connectivity index (χ2v) is 5.84. The summed E-state index contributed by atoms with van der Waals surface area (Å²) in [4.78, 5) is 11.2. The summed E-state index contributed by atoms with van der Waals surface area (Å²) in [6.45, 7) is 5.52. The lowest BCUT2D eigenvalue weighted by molar-refractivity contribution is -0.270. The van der Waals surface area contributed by atoms with E-state index >= 15 is 0 Å². The molecule has 0 saturated carbocycles. The van der Waals surface area contributed by atoms with Gasteiger partial charge in [0.15, 0.2) is 6.29 Å². The van der Waals surface area contributed by atoms with Crippen molar-refractivity contribution in [3.63, 3.8) is 0 Å². The third-order valence-corrected chi connectivity index (χ3v) is 3.46. The highest BCUT2D eigenvalue weighted by Gasteiger charge is 2.45. The summed E-state index contributed by atoms with van der Waals surface area (Å²) >= 11 is 0. The molecule has 0 aromatic heterocycles.